The second-order valence-electron chi connectivity index (χ2n) is 10.1. The molecular formula is C34H32N2O2. The van der Waals surface area contributed by atoms with E-state index < -0.39 is 0 Å². The summed E-state index contributed by atoms with van der Waals surface area (Å²) in [5.74, 6) is 1.63. The molecule has 38 heavy (non-hydrogen) atoms. The fourth-order valence-corrected chi connectivity index (χ4v) is 5.48. The van der Waals surface area contributed by atoms with Crippen LogP contribution in [0.1, 0.15) is 39.5 Å². The Morgan fingerprint density at radius 2 is 1.50 bits per heavy atom. The molecule has 1 atom stereocenters. The lowest BCUT2D eigenvalue weighted by atomic mass is 9.91. The molecule has 6 rings (SSSR count). The van der Waals surface area contributed by atoms with Gasteiger partial charge in [0.25, 0.3) is 0 Å². The third-order valence-corrected chi connectivity index (χ3v) is 7.66. The molecule has 5 aromatic carbocycles. The predicted octanol–water partition coefficient (Wildman–Crippen LogP) is 9.01. The van der Waals surface area contributed by atoms with E-state index >= 15 is 0 Å². The van der Waals surface area contributed by atoms with Crippen molar-refractivity contribution in [3.8, 4) is 34.3 Å². The molecule has 6 aromatic rings. The number of aromatic nitrogens is 2. The number of hydrogen-bond acceptors (Lipinski definition) is 4. The lowest BCUT2D eigenvalue weighted by molar-refractivity contribution is 0.226. The average Bonchev–Trinajstić information content (AvgIpc) is 2.96. The number of phenolic OH excluding ortho intramolecular Hbond substituents is 1. The molecule has 0 saturated heterocycles. The average molecular weight is 501 g/mol. The molecular weight excluding hydrogens is 468 g/mol. The van der Waals surface area contributed by atoms with Crippen LogP contribution in [0.2, 0.25) is 0 Å². The van der Waals surface area contributed by atoms with Gasteiger partial charge in [-0.15, -0.1) is 0 Å². The molecule has 0 bridgehead atoms. The first-order valence-electron chi connectivity index (χ1n) is 13.6. The summed E-state index contributed by atoms with van der Waals surface area (Å²) >= 11 is 0. The van der Waals surface area contributed by atoms with Gasteiger partial charge in [-0.3, -0.25) is 0 Å². The van der Waals surface area contributed by atoms with Gasteiger partial charge in [0.1, 0.15) is 5.75 Å². The Morgan fingerprint density at radius 3 is 2.26 bits per heavy atom. The lowest BCUT2D eigenvalue weighted by Crippen LogP contribution is -2.12. The zero-order valence-electron chi connectivity index (χ0n) is 21.9. The summed E-state index contributed by atoms with van der Waals surface area (Å²) < 4.78 is 6.31. The quantitative estimate of drug-likeness (QED) is 0.201. The van der Waals surface area contributed by atoms with Gasteiger partial charge in [0.2, 0.25) is 5.88 Å². The Balaban J connectivity index is 1.51. The molecule has 0 radical (unpaired) electrons. The highest BCUT2D eigenvalue weighted by atomic mass is 16.5. The molecule has 1 N–H and O–H groups in total. The zero-order chi connectivity index (χ0) is 26.1. The van der Waals surface area contributed by atoms with Gasteiger partial charge in [0, 0.05) is 11.6 Å². The third-order valence-electron chi connectivity index (χ3n) is 7.66. The molecule has 0 fully saturated rings. The van der Waals surface area contributed by atoms with E-state index in [0.29, 0.717) is 29.8 Å². The number of ether oxygens (including phenoxy) is 1. The van der Waals surface area contributed by atoms with Crippen molar-refractivity contribution in [3.63, 3.8) is 0 Å². The minimum Gasteiger partial charge on any atom is -0.507 e. The largest absolute Gasteiger partial charge is 0.507 e. The van der Waals surface area contributed by atoms with E-state index in [-0.39, 0.29) is 5.75 Å². The van der Waals surface area contributed by atoms with Crippen LogP contribution in [-0.2, 0) is 0 Å². The number of phenols is 1. The number of hydrogen-bond donors (Lipinski definition) is 1. The Labute approximate surface area is 223 Å². The highest BCUT2D eigenvalue weighted by Gasteiger charge is 2.17. The van der Waals surface area contributed by atoms with E-state index in [1.165, 1.54) is 39.8 Å². The smallest absolute Gasteiger partial charge is 0.217 e. The number of para-hydroxylation sites is 1. The van der Waals surface area contributed by atoms with Gasteiger partial charge >= 0.3 is 0 Å². The Morgan fingerprint density at radius 1 is 0.763 bits per heavy atom. The molecule has 190 valence electrons. The van der Waals surface area contributed by atoms with Crippen LogP contribution in [0.4, 0.5) is 0 Å². The number of rotatable bonds is 9. The fourth-order valence-electron chi connectivity index (χ4n) is 5.48. The van der Waals surface area contributed by atoms with Crippen LogP contribution in [0.5, 0.6) is 11.6 Å². The van der Waals surface area contributed by atoms with Gasteiger partial charge in [-0.05, 0) is 56.8 Å². The molecule has 1 unspecified atom stereocenters. The van der Waals surface area contributed by atoms with Crippen LogP contribution in [0.3, 0.4) is 0 Å². The molecule has 0 aliphatic carbocycles. The summed E-state index contributed by atoms with van der Waals surface area (Å²) in [5, 5.41) is 17.9. The van der Waals surface area contributed by atoms with Crippen molar-refractivity contribution in [1.29, 1.82) is 0 Å². The maximum absolute atomic E-state index is 10.6. The van der Waals surface area contributed by atoms with Crippen LogP contribution < -0.4 is 4.74 Å². The van der Waals surface area contributed by atoms with Crippen LogP contribution in [0, 0.1) is 5.92 Å². The van der Waals surface area contributed by atoms with E-state index in [4.69, 9.17) is 14.7 Å². The minimum atomic E-state index is 0.153. The van der Waals surface area contributed by atoms with Crippen LogP contribution in [0.25, 0.3) is 55.0 Å². The van der Waals surface area contributed by atoms with Gasteiger partial charge in [0.05, 0.1) is 17.9 Å². The van der Waals surface area contributed by atoms with Crippen LogP contribution in [0.15, 0.2) is 84.9 Å². The van der Waals surface area contributed by atoms with Crippen molar-refractivity contribution >= 4 is 32.3 Å². The van der Waals surface area contributed by atoms with E-state index in [0.717, 1.165) is 29.5 Å². The molecule has 4 nitrogen and oxygen atoms in total. The fraction of sp³-hybridized carbons (Fsp3) is 0.235. The van der Waals surface area contributed by atoms with Crippen molar-refractivity contribution in [3.05, 3.63) is 84.9 Å². The van der Waals surface area contributed by atoms with Gasteiger partial charge in [0.15, 0.2) is 5.82 Å². The van der Waals surface area contributed by atoms with Gasteiger partial charge in [-0.25, -0.2) is 4.98 Å². The second kappa shape index (κ2) is 10.3. The predicted molar refractivity (Wildman–Crippen MR) is 157 cm³/mol. The molecule has 0 aliphatic heterocycles. The summed E-state index contributed by atoms with van der Waals surface area (Å²) in [6, 6.07) is 28.7. The Kier molecular flexibility index (Phi) is 6.55. The topological polar surface area (TPSA) is 55.2 Å². The number of unbranched alkanes of at least 4 members (excludes halogenated alkanes) is 1. The highest BCUT2D eigenvalue weighted by molar-refractivity contribution is 6.25. The third kappa shape index (κ3) is 4.41. The van der Waals surface area contributed by atoms with E-state index in [9.17, 15) is 5.11 Å². The first-order chi connectivity index (χ1) is 18.7. The molecule has 1 aromatic heterocycles. The van der Waals surface area contributed by atoms with Crippen molar-refractivity contribution in [2.24, 2.45) is 5.92 Å². The summed E-state index contributed by atoms with van der Waals surface area (Å²) in [4.78, 5) is 9.71. The molecule has 4 heteroatoms. The van der Waals surface area contributed by atoms with Gasteiger partial charge in [-0.1, -0.05) is 99.8 Å². The van der Waals surface area contributed by atoms with Crippen molar-refractivity contribution < 1.29 is 9.84 Å². The molecule has 0 spiro atoms. The lowest BCUT2D eigenvalue weighted by Gasteiger charge is -2.17. The standard InChI is InChI=1S/C34H32N2O2/c1-3-5-9-22(4-2)21-38-31-20-29(35-34(36-31)28-12-6-7-13-30(28)37)26-18-16-25-15-14-23-10-8-11-24-17-19-27(26)33(25)32(23)24/h6-8,10-20,22,37H,3-5,9,21H2,1-2H3. The minimum absolute atomic E-state index is 0.153. The van der Waals surface area contributed by atoms with Gasteiger partial charge < -0.3 is 9.84 Å². The molecule has 0 saturated carbocycles. The van der Waals surface area contributed by atoms with E-state index in [2.05, 4.69) is 68.4 Å². The number of nitrogens with zero attached hydrogens (tertiary/aromatic N) is 2. The molecule has 1 heterocycles. The van der Waals surface area contributed by atoms with Crippen LogP contribution in [-0.4, -0.2) is 21.7 Å². The summed E-state index contributed by atoms with van der Waals surface area (Å²) in [7, 11) is 0. The maximum atomic E-state index is 10.6. The monoisotopic (exact) mass is 500 g/mol. The van der Waals surface area contributed by atoms with Crippen molar-refractivity contribution in [2.45, 2.75) is 39.5 Å². The van der Waals surface area contributed by atoms with Crippen molar-refractivity contribution in [1.82, 2.24) is 9.97 Å². The molecule has 0 amide bonds. The summed E-state index contributed by atoms with van der Waals surface area (Å²) in [6.07, 6.45) is 4.59. The normalized spacial score (nSPS) is 12.5. The van der Waals surface area contributed by atoms with Gasteiger partial charge in [-0.2, -0.15) is 4.98 Å². The molecule has 0 aliphatic rings. The summed E-state index contributed by atoms with van der Waals surface area (Å²) in [6.45, 7) is 5.05. The number of benzene rings is 5. The van der Waals surface area contributed by atoms with Crippen LogP contribution >= 0.6 is 0 Å². The van der Waals surface area contributed by atoms with Crippen molar-refractivity contribution in [2.75, 3.05) is 6.61 Å². The zero-order valence-corrected chi connectivity index (χ0v) is 21.9. The second-order valence-corrected chi connectivity index (χ2v) is 10.1. The Hall–Kier alpha value is -4.18. The van der Waals surface area contributed by atoms with E-state index in [1.54, 1.807) is 12.1 Å². The maximum Gasteiger partial charge on any atom is 0.217 e. The summed E-state index contributed by atoms with van der Waals surface area (Å²) in [5.41, 5.74) is 2.40. The number of aromatic hydroxyl groups is 1. The first-order valence-corrected chi connectivity index (χ1v) is 13.6. The SMILES string of the molecule is CCCCC(CC)COc1cc(-c2ccc3ccc4cccc5ccc2c3c45)nc(-c2ccccc2O)n1. The van der Waals surface area contributed by atoms with E-state index in [1.807, 2.05) is 18.2 Å². The first kappa shape index (κ1) is 24.2. The highest BCUT2D eigenvalue weighted by Crippen LogP contribution is 2.40. The Bertz CT molecular complexity index is 1710.